The molecule has 2 fully saturated rings. The molecule has 1 saturated heterocycles. The number of nitrogens with zero attached hydrogens (tertiary/aromatic N) is 2. The third-order valence-electron chi connectivity index (χ3n) is 6.23. The van der Waals surface area contributed by atoms with Gasteiger partial charge in [0.05, 0.1) is 16.5 Å². The van der Waals surface area contributed by atoms with Crippen LogP contribution < -0.4 is 15.8 Å². The molecule has 1 spiro atoms. The number of fused-ring (bicyclic) bond motifs is 1. The van der Waals surface area contributed by atoms with E-state index in [-0.39, 0.29) is 29.5 Å². The number of nitrogens with one attached hydrogen (secondary N) is 2. The van der Waals surface area contributed by atoms with Crippen molar-refractivity contribution in [2.75, 3.05) is 10.2 Å². The highest BCUT2D eigenvalue weighted by Crippen LogP contribution is 2.48. The molecule has 3 aromatic rings. The van der Waals surface area contributed by atoms with Crippen LogP contribution in [0, 0.1) is 5.41 Å². The fraction of sp³-hybridized carbons (Fsp3) is 0.261. The number of rotatable bonds is 3. The van der Waals surface area contributed by atoms with Gasteiger partial charge in [-0.1, -0.05) is 37.1 Å². The second kappa shape index (κ2) is 7.16. The zero-order valence-electron chi connectivity index (χ0n) is 16.7. The van der Waals surface area contributed by atoms with Crippen LogP contribution in [-0.2, 0) is 9.59 Å². The summed E-state index contributed by atoms with van der Waals surface area (Å²) < 4.78 is 0. The van der Waals surface area contributed by atoms with E-state index in [0.717, 1.165) is 25.7 Å². The molecule has 8 nitrogen and oxygen atoms in total. The lowest BCUT2D eigenvalue weighted by molar-refractivity contribution is -0.125. The Bertz CT molecular complexity index is 1290. The molecule has 2 aliphatic rings. The largest absolute Gasteiger partial charge is 0.321 e. The van der Waals surface area contributed by atoms with Crippen LogP contribution in [0.5, 0.6) is 0 Å². The summed E-state index contributed by atoms with van der Waals surface area (Å²) in [6.07, 6.45) is 3.66. The number of hydrogen-bond acceptors (Lipinski definition) is 5. The number of H-pyrrole nitrogens is 1. The van der Waals surface area contributed by atoms with Crippen LogP contribution in [0.4, 0.5) is 11.4 Å². The highest BCUT2D eigenvalue weighted by atomic mass is 16.2. The second-order valence-electron chi connectivity index (χ2n) is 8.15. The first-order valence-electron chi connectivity index (χ1n) is 10.2. The number of aromatic amines is 1. The van der Waals surface area contributed by atoms with Crippen molar-refractivity contribution in [3.8, 4) is 0 Å². The first-order chi connectivity index (χ1) is 15.0. The van der Waals surface area contributed by atoms with Gasteiger partial charge >= 0.3 is 0 Å². The first kappa shape index (κ1) is 19.2. The van der Waals surface area contributed by atoms with Gasteiger partial charge in [-0.25, -0.2) is 10.00 Å². The summed E-state index contributed by atoms with van der Waals surface area (Å²) in [5.74, 6) is -0.855. The maximum absolute atomic E-state index is 13.0. The Morgan fingerprint density at radius 2 is 1.74 bits per heavy atom. The number of hydrogen-bond donors (Lipinski definition) is 2. The molecule has 1 aliphatic heterocycles. The first-order valence-corrected chi connectivity index (χ1v) is 10.2. The monoisotopic (exact) mass is 416 g/mol. The lowest BCUT2D eigenvalue weighted by atomic mass is 9.84. The van der Waals surface area contributed by atoms with Crippen molar-refractivity contribution >= 4 is 39.9 Å². The molecule has 1 aliphatic carbocycles. The van der Waals surface area contributed by atoms with Crippen LogP contribution in [0.3, 0.4) is 0 Å². The summed E-state index contributed by atoms with van der Waals surface area (Å²) in [5, 5.41) is 9.80. The number of benzene rings is 2. The molecule has 0 atom stereocenters. The molecule has 0 unspecified atom stereocenters. The minimum atomic E-state index is -0.560. The van der Waals surface area contributed by atoms with Gasteiger partial charge in [-0.2, -0.15) is 5.10 Å². The molecular weight excluding hydrogens is 396 g/mol. The second-order valence-corrected chi connectivity index (χ2v) is 8.15. The molecule has 2 heterocycles. The molecule has 5 rings (SSSR count). The van der Waals surface area contributed by atoms with Gasteiger partial charge in [-0.05, 0) is 37.1 Å². The fourth-order valence-corrected chi connectivity index (χ4v) is 4.70. The Morgan fingerprint density at radius 3 is 2.52 bits per heavy atom. The zero-order chi connectivity index (χ0) is 21.6. The van der Waals surface area contributed by atoms with E-state index in [2.05, 4.69) is 15.5 Å². The predicted molar refractivity (Wildman–Crippen MR) is 115 cm³/mol. The van der Waals surface area contributed by atoms with E-state index in [1.807, 2.05) is 0 Å². The standard InChI is InChI=1S/C23H20N4O4/c28-18-13-23(10-3-4-11-23)22(31)27(18)15-7-5-6-14(12-15)24-21(30)19-16-8-1-2-9-17(16)20(29)26-25-19/h1-2,5-9,12H,3-4,10-11,13H2,(H,24,30)(H,26,29). The van der Waals surface area contributed by atoms with Gasteiger partial charge in [0.25, 0.3) is 11.5 Å². The van der Waals surface area contributed by atoms with Crippen molar-refractivity contribution in [2.45, 2.75) is 32.1 Å². The van der Waals surface area contributed by atoms with Gasteiger partial charge in [0.15, 0.2) is 5.69 Å². The van der Waals surface area contributed by atoms with Crippen molar-refractivity contribution in [1.29, 1.82) is 0 Å². The molecule has 8 heteroatoms. The molecule has 1 aromatic heterocycles. The Labute approximate surface area is 177 Å². The van der Waals surface area contributed by atoms with Gasteiger partial charge in [-0.3, -0.25) is 19.2 Å². The molecule has 1 saturated carbocycles. The van der Waals surface area contributed by atoms with Crippen molar-refractivity contribution in [3.05, 3.63) is 64.6 Å². The Kier molecular flexibility index (Phi) is 4.43. The van der Waals surface area contributed by atoms with Crippen molar-refractivity contribution < 1.29 is 14.4 Å². The van der Waals surface area contributed by atoms with Crippen LogP contribution in [0.2, 0.25) is 0 Å². The average Bonchev–Trinajstić information content (AvgIpc) is 3.33. The zero-order valence-corrected chi connectivity index (χ0v) is 16.7. The van der Waals surface area contributed by atoms with E-state index in [1.54, 1.807) is 48.5 Å². The highest BCUT2D eigenvalue weighted by molar-refractivity contribution is 6.23. The van der Waals surface area contributed by atoms with Crippen LogP contribution in [0.1, 0.15) is 42.6 Å². The molecule has 0 radical (unpaired) electrons. The topological polar surface area (TPSA) is 112 Å². The minimum Gasteiger partial charge on any atom is -0.321 e. The Balaban J connectivity index is 1.44. The quantitative estimate of drug-likeness (QED) is 0.638. The molecular formula is C23H20N4O4. The maximum atomic E-state index is 13.0. The number of anilines is 2. The van der Waals surface area contributed by atoms with Crippen molar-refractivity contribution in [3.63, 3.8) is 0 Å². The van der Waals surface area contributed by atoms with Crippen molar-refractivity contribution in [2.24, 2.45) is 5.41 Å². The lowest BCUT2D eigenvalue weighted by Gasteiger charge is -2.21. The van der Waals surface area contributed by atoms with Crippen LogP contribution in [-0.4, -0.2) is 27.9 Å². The highest BCUT2D eigenvalue weighted by Gasteiger charge is 2.53. The minimum absolute atomic E-state index is 0.0823. The van der Waals surface area contributed by atoms with Crippen LogP contribution >= 0.6 is 0 Å². The third-order valence-corrected chi connectivity index (χ3v) is 6.23. The number of carbonyl (C=O) groups is 3. The molecule has 3 amide bonds. The van der Waals surface area contributed by atoms with E-state index in [9.17, 15) is 19.2 Å². The van der Waals surface area contributed by atoms with E-state index >= 15 is 0 Å². The Morgan fingerprint density at radius 1 is 1.00 bits per heavy atom. The molecule has 31 heavy (non-hydrogen) atoms. The predicted octanol–water partition coefficient (Wildman–Crippen LogP) is 3.00. The normalized spacial score (nSPS) is 17.6. The number of carbonyl (C=O) groups excluding carboxylic acids is 3. The maximum Gasteiger partial charge on any atom is 0.276 e. The summed E-state index contributed by atoms with van der Waals surface area (Å²) in [6.45, 7) is 0. The van der Waals surface area contributed by atoms with E-state index in [1.165, 1.54) is 4.90 Å². The van der Waals surface area contributed by atoms with Gasteiger partial charge < -0.3 is 5.32 Å². The molecule has 2 N–H and O–H groups in total. The summed E-state index contributed by atoms with van der Waals surface area (Å²) >= 11 is 0. The molecule has 0 bridgehead atoms. The third kappa shape index (κ3) is 3.11. The van der Waals surface area contributed by atoms with E-state index < -0.39 is 11.3 Å². The van der Waals surface area contributed by atoms with Gasteiger partial charge in [0.1, 0.15) is 0 Å². The lowest BCUT2D eigenvalue weighted by Crippen LogP contribution is -2.34. The summed E-state index contributed by atoms with van der Waals surface area (Å²) in [5.41, 5.74) is 0.0121. The summed E-state index contributed by atoms with van der Waals surface area (Å²) in [6, 6.07) is 13.4. The SMILES string of the molecule is O=C(Nc1cccc(N2C(=O)CC3(CCCC3)C2=O)c1)c1n[nH]c(=O)c2ccccc12. The Hall–Kier alpha value is -3.81. The van der Waals surface area contributed by atoms with Gasteiger partial charge in [0, 0.05) is 17.5 Å². The smallest absolute Gasteiger partial charge is 0.276 e. The van der Waals surface area contributed by atoms with Gasteiger partial charge in [-0.15, -0.1) is 0 Å². The van der Waals surface area contributed by atoms with E-state index in [4.69, 9.17) is 0 Å². The number of imide groups is 1. The average molecular weight is 416 g/mol. The van der Waals surface area contributed by atoms with Crippen LogP contribution in [0.15, 0.2) is 53.3 Å². The molecule has 156 valence electrons. The van der Waals surface area contributed by atoms with Gasteiger partial charge in [0.2, 0.25) is 11.8 Å². The molecule has 2 aromatic carbocycles. The summed E-state index contributed by atoms with van der Waals surface area (Å²) in [7, 11) is 0. The fourth-order valence-electron chi connectivity index (χ4n) is 4.70. The van der Waals surface area contributed by atoms with Crippen LogP contribution in [0.25, 0.3) is 10.8 Å². The van der Waals surface area contributed by atoms with Crippen molar-refractivity contribution in [1.82, 2.24) is 10.2 Å². The number of amides is 3. The van der Waals surface area contributed by atoms with E-state index in [0.29, 0.717) is 22.1 Å². The number of aromatic nitrogens is 2. The summed E-state index contributed by atoms with van der Waals surface area (Å²) in [4.78, 5) is 51.8.